The topological polar surface area (TPSA) is 0 Å². The number of hydrogen-bond acceptors (Lipinski definition) is 0. The Morgan fingerprint density at radius 3 is 2.33 bits per heavy atom. The van der Waals surface area contributed by atoms with Crippen molar-refractivity contribution in [1.29, 1.82) is 0 Å². The summed E-state index contributed by atoms with van der Waals surface area (Å²) in [5.41, 5.74) is 2.86. The molecule has 0 bridgehead atoms. The Bertz CT molecular complexity index is 750. The van der Waals surface area contributed by atoms with Crippen LogP contribution in [0, 0.1) is 6.92 Å². The van der Waals surface area contributed by atoms with Gasteiger partial charge in [-0.05, 0) is 11.1 Å². The minimum atomic E-state index is -0.826. The minimum Gasteiger partial charge on any atom is -0.168 e. The van der Waals surface area contributed by atoms with Gasteiger partial charge in [0.2, 0.25) is 0 Å². The molecule has 1 aliphatic carbocycles. The normalized spacial score (nSPS) is 13.1. The molecule has 0 saturated heterocycles. The summed E-state index contributed by atoms with van der Waals surface area (Å²) in [6.45, 7) is 8.19. The van der Waals surface area contributed by atoms with Crippen LogP contribution in [0.2, 0.25) is 13.1 Å². The van der Waals surface area contributed by atoms with Crippen molar-refractivity contribution >= 4 is 43.4 Å². The van der Waals surface area contributed by atoms with Gasteiger partial charge in [-0.25, -0.2) is 0 Å². The minimum absolute atomic E-state index is 0.624. The zero-order valence-corrected chi connectivity index (χ0v) is 20.9. The van der Waals surface area contributed by atoms with Crippen LogP contribution in [0.25, 0.3) is 16.8 Å². The van der Waals surface area contributed by atoms with Crippen LogP contribution in [0.4, 0.5) is 0 Å². The van der Waals surface area contributed by atoms with E-state index in [2.05, 4.69) is 98.9 Å². The van der Waals surface area contributed by atoms with E-state index in [0.717, 1.165) is 15.9 Å². The number of hydrogen-bond donors (Lipinski definition) is 0. The first kappa shape index (κ1) is 24.5. The molecule has 140 valence electrons. The Labute approximate surface area is 185 Å². The molecule has 0 aliphatic heterocycles. The van der Waals surface area contributed by atoms with Crippen molar-refractivity contribution in [2.24, 2.45) is 0 Å². The molecule has 3 aromatic carbocycles. The molecule has 4 heteroatoms. The molecule has 0 nitrogen and oxygen atoms in total. The maximum Gasteiger partial charge on any atom is -0.0809 e. The number of fused-ring (bicyclic) bond motifs is 2. The molecule has 0 N–H and O–H groups in total. The molecule has 3 aromatic rings. The Morgan fingerprint density at radius 1 is 1.04 bits per heavy atom. The Morgan fingerprint density at radius 2 is 1.67 bits per heavy atom. The molecule has 0 fully saturated rings. The first-order valence-electron chi connectivity index (χ1n) is 8.93. The number of benzene rings is 2. The second-order valence-electron chi connectivity index (χ2n) is 5.96. The van der Waals surface area contributed by atoms with Crippen molar-refractivity contribution in [3.63, 3.8) is 0 Å². The van der Waals surface area contributed by atoms with Crippen molar-refractivity contribution in [2.45, 2.75) is 31.9 Å². The predicted octanol–water partition coefficient (Wildman–Crippen LogP) is 8.13. The molecular formula is C23H26Cl2SiZr. The molecule has 0 saturated carbocycles. The molecule has 1 unspecified atom stereocenters. The van der Waals surface area contributed by atoms with Crippen molar-refractivity contribution < 1.29 is 20.8 Å². The van der Waals surface area contributed by atoms with E-state index in [-0.39, 0.29) is 0 Å². The molecule has 1 aliphatic rings. The first-order chi connectivity index (χ1) is 13.2. The molecule has 4 rings (SSSR count). The summed E-state index contributed by atoms with van der Waals surface area (Å²) in [6.07, 6.45) is 6.70. The maximum absolute atomic E-state index is 4.93. The molecule has 0 aromatic heterocycles. The standard InChI is InChI=1S/C12H13.C9H7.C2H6Si.2ClH.Zr/c1-2-5-10-8-9-11-6-3-4-7-12(10)11;1-2-5-9-7-3-6-8(9)4-1;1-3-2;;;/h3-4,6-10H,1-2,5H2;1-7H;1-2H3;2*1H;/q2*-1;;;;+4/p-2. The van der Waals surface area contributed by atoms with E-state index in [1.54, 1.807) is 0 Å². The molecule has 0 amide bonds. The average Bonchev–Trinajstić information content (AvgIpc) is 3.31. The van der Waals surface area contributed by atoms with Gasteiger partial charge in [0.05, 0.1) is 0 Å². The second kappa shape index (κ2) is 15.4. The van der Waals surface area contributed by atoms with Crippen LogP contribution in [-0.4, -0.2) is 9.52 Å². The molecular weight excluding hydrogens is 466 g/mol. The summed E-state index contributed by atoms with van der Waals surface area (Å²) in [5.74, 6) is 0.624. The quantitative estimate of drug-likeness (QED) is 0.250. The number of halogens is 2. The maximum atomic E-state index is 4.93. The van der Waals surface area contributed by atoms with Crippen LogP contribution in [0.5, 0.6) is 0 Å². The van der Waals surface area contributed by atoms with Crippen LogP contribution in [0.1, 0.15) is 29.9 Å². The fraction of sp³-hybridized carbons (Fsp3) is 0.217. The van der Waals surface area contributed by atoms with E-state index in [1.807, 2.05) is 0 Å². The number of rotatable bonds is 2. The fourth-order valence-electron chi connectivity index (χ4n) is 2.87. The van der Waals surface area contributed by atoms with Gasteiger partial charge in [0, 0.05) is 15.4 Å². The zero-order valence-electron chi connectivity index (χ0n) is 16.0. The summed E-state index contributed by atoms with van der Waals surface area (Å²) >= 11 is -0.826. The molecule has 0 spiro atoms. The summed E-state index contributed by atoms with van der Waals surface area (Å²) < 4.78 is 0. The van der Waals surface area contributed by atoms with Crippen LogP contribution >= 0.6 is 17.0 Å². The van der Waals surface area contributed by atoms with E-state index in [0.29, 0.717) is 5.92 Å². The third kappa shape index (κ3) is 9.01. The van der Waals surface area contributed by atoms with Gasteiger partial charge in [-0.15, -0.1) is 29.7 Å². The van der Waals surface area contributed by atoms with Crippen LogP contribution < -0.4 is 0 Å². The third-order valence-corrected chi connectivity index (χ3v) is 3.97. The molecule has 1 atom stereocenters. The Kier molecular flexibility index (Phi) is 14.0. The van der Waals surface area contributed by atoms with E-state index in [4.69, 9.17) is 17.0 Å². The predicted molar refractivity (Wildman–Crippen MR) is 122 cm³/mol. The van der Waals surface area contributed by atoms with Crippen molar-refractivity contribution in [2.75, 3.05) is 0 Å². The first-order valence-corrected chi connectivity index (χ1v) is 17.3. The summed E-state index contributed by atoms with van der Waals surface area (Å²) in [4.78, 5) is 0. The fourth-order valence-corrected chi connectivity index (χ4v) is 2.87. The monoisotopic (exact) mass is 490 g/mol. The Hall–Kier alpha value is -0.530. The Balaban J connectivity index is 0.000000214. The summed E-state index contributed by atoms with van der Waals surface area (Å²) in [6, 6.07) is 23.3. The van der Waals surface area contributed by atoms with Gasteiger partial charge < -0.3 is 6.92 Å². The van der Waals surface area contributed by atoms with Gasteiger partial charge in [0.15, 0.2) is 0 Å². The van der Waals surface area contributed by atoms with E-state index >= 15 is 0 Å². The van der Waals surface area contributed by atoms with Gasteiger partial charge in [0.1, 0.15) is 0 Å². The SMILES string of the molecule is C[Si]C.[CH2-]CCC1C=Cc2ccccc21.[Cl][Zr+2][Cl].c1ccc2[cH-]ccc2c1. The van der Waals surface area contributed by atoms with Crippen LogP contribution in [-0.2, 0) is 20.8 Å². The van der Waals surface area contributed by atoms with Gasteiger partial charge in [-0.3, -0.25) is 0 Å². The van der Waals surface area contributed by atoms with Crippen molar-refractivity contribution in [3.8, 4) is 0 Å². The molecule has 27 heavy (non-hydrogen) atoms. The average molecular weight is 493 g/mol. The third-order valence-electron chi connectivity index (χ3n) is 3.97. The van der Waals surface area contributed by atoms with Crippen LogP contribution in [0.15, 0.2) is 72.8 Å². The van der Waals surface area contributed by atoms with Crippen molar-refractivity contribution in [1.82, 2.24) is 0 Å². The van der Waals surface area contributed by atoms with Gasteiger partial charge in [-0.1, -0.05) is 62.0 Å². The van der Waals surface area contributed by atoms with E-state index in [9.17, 15) is 0 Å². The summed E-state index contributed by atoms with van der Waals surface area (Å²) in [7, 11) is 11.0. The van der Waals surface area contributed by atoms with E-state index < -0.39 is 20.8 Å². The van der Waals surface area contributed by atoms with Gasteiger partial charge in [0.25, 0.3) is 0 Å². The van der Waals surface area contributed by atoms with E-state index in [1.165, 1.54) is 28.3 Å². The summed E-state index contributed by atoms with van der Waals surface area (Å²) in [5, 5.41) is 2.66. The zero-order chi connectivity index (χ0) is 19.9. The second-order valence-corrected chi connectivity index (χ2v) is 10.7. The molecule has 0 heterocycles. The smallest absolute Gasteiger partial charge is 0.0809 e. The largest absolute Gasteiger partial charge is 0.168 e. The van der Waals surface area contributed by atoms with Crippen LogP contribution in [0.3, 0.4) is 0 Å². The molecule has 2 radical (unpaired) electrons. The number of allylic oxidation sites excluding steroid dienone is 1. The van der Waals surface area contributed by atoms with Gasteiger partial charge >= 0.3 is 37.9 Å². The van der Waals surface area contributed by atoms with Crippen molar-refractivity contribution in [3.05, 3.63) is 90.9 Å². The van der Waals surface area contributed by atoms with Gasteiger partial charge in [-0.2, -0.15) is 23.9 Å².